The number of rotatable bonds is 4. The number of carbonyl (C=O) groups excluding carboxylic acids is 1. The molecule has 1 aromatic carbocycles. The first-order valence-corrected chi connectivity index (χ1v) is 7.23. The molecule has 0 aliphatic rings. The lowest BCUT2D eigenvalue weighted by Gasteiger charge is -2.03. The largest absolute Gasteiger partial charge is 0.463 e. The average molecular weight is 342 g/mol. The number of esters is 1. The van der Waals surface area contributed by atoms with Gasteiger partial charge in [-0.3, -0.25) is 0 Å². The van der Waals surface area contributed by atoms with Gasteiger partial charge >= 0.3 is 5.97 Å². The molecule has 0 aliphatic carbocycles. The second-order valence-corrected chi connectivity index (χ2v) is 5.61. The number of ether oxygens (including phenoxy) is 1. The van der Waals surface area contributed by atoms with Crippen molar-refractivity contribution < 1.29 is 13.9 Å². The van der Waals surface area contributed by atoms with E-state index in [0.29, 0.717) is 17.2 Å². The van der Waals surface area contributed by atoms with Gasteiger partial charge < -0.3 is 14.9 Å². The van der Waals surface area contributed by atoms with Crippen LogP contribution in [-0.2, 0) is 10.5 Å². The van der Waals surface area contributed by atoms with Crippen LogP contribution in [0.4, 0.5) is 5.69 Å². The maximum absolute atomic E-state index is 11.2. The second-order valence-electron chi connectivity index (χ2n) is 3.74. The lowest BCUT2D eigenvalue weighted by Crippen LogP contribution is -1.98. The number of thioether (sulfide) groups is 1. The van der Waals surface area contributed by atoms with E-state index < -0.39 is 5.97 Å². The number of hydrogen-bond acceptors (Lipinski definition) is 5. The molecule has 2 aromatic rings. The van der Waals surface area contributed by atoms with Gasteiger partial charge in [0.15, 0.2) is 0 Å². The molecule has 2 N–H and O–H groups in total. The van der Waals surface area contributed by atoms with Gasteiger partial charge in [-0.1, -0.05) is 0 Å². The first kappa shape index (κ1) is 14.0. The molecule has 2 rings (SSSR count). The predicted molar refractivity (Wildman–Crippen MR) is 78.2 cm³/mol. The molecule has 0 aliphatic heterocycles. The fraction of sp³-hybridized carbons (Fsp3) is 0.154. The third-order valence-electron chi connectivity index (χ3n) is 2.37. The minimum Gasteiger partial charge on any atom is -0.463 e. The SMILES string of the molecule is COC(=O)c1ccc(CSc2ccc(N)cc2Br)o1. The zero-order valence-corrected chi connectivity index (χ0v) is 12.6. The van der Waals surface area contributed by atoms with Gasteiger partial charge in [0.2, 0.25) is 5.76 Å². The molecule has 6 heteroatoms. The Bertz CT molecular complexity index is 597. The number of carbonyl (C=O) groups is 1. The zero-order chi connectivity index (χ0) is 13.8. The third-order valence-corrected chi connectivity index (χ3v) is 4.39. The highest BCUT2D eigenvalue weighted by atomic mass is 79.9. The maximum atomic E-state index is 11.2. The van der Waals surface area contributed by atoms with Gasteiger partial charge in [0.25, 0.3) is 0 Å². The number of furan rings is 1. The standard InChI is InChI=1S/C13H12BrNO3S/c1-17-13(16)11-4-3-9(18-11)7-19-12-5-2-8(15)6-10(12)14/h2-6H,7,15H2,1H3. The second kappa shape index (κ2) is 6.16. The zero-order valence-electron chi connectivity index (χ0n) is 10.2. The highest BCUT2D eigenvalue weighted by Crippen LogP contribution is 2.31. The third kappa shape index (κ3) is 3.54. The summed E-state index contributed by atoms with van der Waals surface area (Å²) in [5, 5.41) is 0. The number of methoxy groups -OCH3 is 1. The van der Waals surface area contributed by atoms with Crippen molar-refractivity contribution in [3.8, 4) is 0 Å². The van der Waals surface area contributed by atoms with Crippen LogP contribution < -0.4 is 5.73 Å². The number of nitrogens with two attached hydrogens (primary N) is 1. The number of anilines is 1. The van der Waals surface area contributed by atoms with Gasteiger partial charge in [0, 0.05) is 15.1 Å². The average Bonchev–Trinajstić information content (AvgIpc) is 2.85. The van der Waals surface area contributed by atoms with Crippen molar-refractivity contribution in [3.05, 3.63) is 46.3 Å². The first-order valence-electron chi connectivity index (χ1n) is 5.45. The molecule has 0 amide bonds. The highest BCUT2D eigenvalue weighted by molar-refractivity contribution is 9.10. The van der Waals surface area contributed by atoms with Crippen molar-refractivity contribution in [2.75, 3.05) is 12.8 Å². The lowest BCUT2D eigenvalue weighted by atomic mass is 10.3. The Morgan fingerprint density at radius 3 is 2.89 bits per heavy atom. The molecule has 100 valence electrons. The molecule has 0 spiro atoms. The topological polar surface area (TPSA) is 65.5 Å². The fourth-order valence-electron chi connectivity index (χ4n) is 1.45. The van der Waals surface area contributed by atoms with Gasteiger partial charge in [-0.15, -0.1) is 11.8 Å². The minimum absolute atomic E-state index is 0.217. The van der Waals surface area contributed by atoms with Crippen LogP contribution in [0.5, 0.6) is 0 Å². The molecule has 0 fully saturated rings. The van der Waals surface area contributed by atoms with Crippen molar-refractivity contribution in [1.29, 1.82) is 0 Å². The molecule has 0 unspecified atom stereocenters. The van der Waals surface area contributed by atoms with E-state index in [4.69, 9.17) is 10.2 Å². The van der Waals surface area contributed by atoms with Gasteiger partial charge in [0.1, 0.15) is 5.76 Å². The van der Waals surface area contributed by atoms with Crippen molar-refractivity contribution >= 4 is 39.3 Å². The summed E-state index contributed by atoms with van der Waals surface area (Å²) in [7, 11) is 1.32. The summed E-state index contributed by atoms with van der Waals surface area (Å²) in [5.41, 5.74) is 6.39. The summed E-state index contributed by atoms with van der Waals surface area (Å²) >= 11 is 5.05. The van der Waals surface area contributed by atoms with E-state index >= 15 is 0 Å². The van der Waals surface area contributed by atoms with Crippen LogP contribution >= 0.6 is 27.7 Å². The normalized spacial score (nSPS) is 10.4. The van der Waals surface area contributed by atoms with Crippen LogP contribution in [0.15, 0.2) is 44.1 Å². The smallest absolute Gasteiger partial charge is 0.373 e. The monoisotopic (exact) mass is 341 g/mol. The van der Waals surface area contributed by atoms with E-state index in [0.717, 1.165) is 9.37 Å². The summed E-state index contributed by atoms with van der Waals surface area (Å²) in [5.74, 6) is 1.09. The summed E-state index contributed by atoms with van der Waals surface area (Å²) in [6.45, 7) is 0. The Kier molecular flexibility index (Phi) is 4.55. The molecular weight excluding hydrogens is 330 g/mol. The Labute approximate surface area is 123 Å². The van der Waals surface area contributed by atoms with Crippen molar-refractivity contribution in [3.63, 3.8) is 0 Å². The van der Waals surface area contributed by atoms with Gasteiger partial charge in [-0.2, -0.15) is 0 Å². The van der Waals surface area contributed by atoms with Crippen LogP contribution in [0, 0.1) is 0 Å². The number of hydrogen-bond donors (Lipinski definition) is 1. The van der Waals surface area contributed by atoms with Crippen LogP contribution in [0.1, 0.15) is 16.3 Å². The molecule has 0 bridgehead atoms. The van der Waals surface area contributed by atoms with Crippen LogP contribution in [0.25, 0.3) is 0 Å². The molecule has 0 saturated carbocycles. The molecular formula is C13H12BrNO3S. The van der Waals surface area contributed by atoms with E-state index in [2.05, 4.69) is 20.7 Å². The Morgan fingerprint density at radius 1 is 1.42 bits per heavy atom. The molecule has 1 aromatic heterocycles. The molecule has 0 saturated heterocycles. The first-order chi connectivity index (χ1) is 9.10. The van der Waals surface area contributed by atoms with Gasteiger partial charge in [-0.25, -0.2) is 4.79 Å². The van der Waals surface area contributed by atoms with Crippen molar-refractivity contribution in [2.45, 2.75) is 10.6 Å². The molecule has 1 heterocycles. The molecule has 0 radical (unpaired) electrons. The highest BCUT2D eigenvalue weighted by Gasteiger charge is 2.11. The van der Waals surface area contributed by atoms with E-state index in [1.165, 1.54) is 7.11 Å². The molecule has 0 atom stereocenters. The molecule has 19 heavy (non-hydrogen) atoms. The van der Waals surface area contributed by atoms with Gasteiger partial charge in [0.05, 0.1) is 12.9 Å². The minimum atomic E-state index is -0.468. The van der Waals surface area contributed by atoms with Crippen LogP contribution in [0.2, 0.25) is 0 Å². The van der Waals surface area contributed by atoms with Crippen LogP contribution in [-0.4, -0.2) is 13.1 Å². The quantitative estimate of drug-likeness (QED) is 0.521. The van der Waals surface area contributed by atoms with E-state index in [9.17, 15) is 4.79 Å². The maximum Gasteiger partial charge on any atom is 0.373 e. The van der Waals surface area contributed by atoms with Crippen molar-refractivity contribution in [1.82, 2.24) is 0 Å². The van der Waals surface area contributed by atoms with Gasteiger partial charge in [-0.05, 0) is 46.3 Å². The number of halogens is 1. The van der Waals surface area contributed by atoms with E-state index in [-0.39, 0.29) is 5.76 Å². The summed E-state index contributed by atoms with van der Waals surface area (Å²) in [4.78, 5) is 12.3. The van der Waals surface area contributed by atoms with Crippen molar-refractivity contribution in [2.24, 2.45) is 0 Å². The van der Waals surface area contributed by atoms with E-state index in [1.54, 1.807) is 23.9 Å². The fourth-order valence-corrected chi connectivity index (χ4v) is 3.00. The predicted octanol–water partition coefficient (Wildman–Crippen LogP) is 3.70. The Morgan fingerprint density at radius 2 is 2.21 bits per heavy atom. The lowest BCUT2D eigenvalue weighted by molar-refractivity contribution is 0.0563. The molecule has 4 nitrogen and oxygen atoms in total. The Hall–Kier alpha value is -1.40. The Balaban J connectivity index is 2.02. The summed E-state index contributed by atoms with van der Waals surface area (Å²) in [6, 6.07) is 9.01. The van der Waals surface area contributed by atoms with E-state index in [1.807, 2.05) is 18.2 Å². The number of benzene rings is 1. The summed E-state index contributed by atoms with van der Waals surface area (Å²) in [6.07, 6.45) is 0. The van der Waals surface area contributed by atoms with Crippen LogP contribution in [0.3, 0.4) is 0 Å². The summed E-state index contributed by atoms with van der Waals surface area (Å²) < 4.78 is 10.9. The number of nitrogen functional groups attached to an aromatic ring is 1.